The van der Waals surface area contributed by atoms with Crippen molar-refractivity contribution in [3.63, 3.8) is 0 Å². The first-order valence-corrected chi connectivity index (χ1v) is 10.2. The molecule has 6 nitrogen and oxygen atoms in total. The van der Waals surface area contributed by atoms with Crippen molar-refractivity contribution in [1.29, 1.82) is 0 Å². The lowest BCUT2D eigenvalue weighted by molar-refractivity contribution is -0.116. The van der Waals surface area contributed by atoms with Crippen LogP contribution in [0.5, 0.6) is 11.5 Å². The highest BCUT2D eigenvalue weighted by Crippen LogP contribution is 2.18. The third-order valence-electron chi connectivity index (χ3n) is 4.76. The summed E-state index contributed by atoms with van der Waals surface area (Å²) in [6.45, 7) is 4.70. The number of hydrogen-bond acceptors (Lipinski definition) is 4. The van der Waals surface area contributed by atoms with E-state index < -0.39 is 0 Å². The van der Waals surface area contributed by atoms with E-state index in [1.165, 1.54) is 0 Å². The van der Waals surface area contributed by atoms with Crippen LogP contribution < -0.4 is 14.8 Å². The Morgan fingerprint density at radius 3 is 2.17 bits per heavy atom. The topological polar surface area (TPSA) is 67.9 Å². The summed E-state index contributed by atoms with van der Waals surface area (Å²) in [7, 11) is 0. The first kappa shape index (κ1) is 20.7. The minimum Gasteiger partial charge on any atom is -0.494 e. The van der Waals surface area contributed by atoms with E-state index in [1.807, 2.05) is 36.1 Å². The fraction of sp³-hybridized carbons (Fsp3) is 0.391. The van der Waals surface area contributed by atoms with Crippen molar-refractivity contribution >= 4 is 17.5 Å². The van der Waals surface area contributed by atoms with E-state index in [2.05, 4.69) is 5.32 Å². The molecular weight excluding hydrogens is 368 g/mol. The molecule has 0 bridgehead atoms. The summed E-state index contributed by atoms with van der Waals surface area (Å²) in [6, 6.07) is 14.5. The van der Waals surface area contributed by atoms with Gasteiger partial charge in [-0.1, -0.05) is 0 Å². The minimum atomic E-state index is -0.0705. The molecule has 0 spiro atoms. The van der Waals surface area contributed by atoms with Crippen LogP contribution in [0.1, 0.15) is 43.0 Å². The number of hydrogen-bond donors (Lipinski definition) is 1. The molecule has 1 heterocycles. The van der Waals surface area contributed by atoms with Gasteiger partial charge in [0.1, 0.15) is 11.5 Å². The van der Waals surface area contributed by atoms with Crippen LogP contribution >= 0.6 is 0 Å². The lowest BCUT2D eigenvalue weighted by atomic mass is 10.2. The highest BCUT2D eigenvalue weighted by Gasteiger charge is 2.19. The van der Waals surface area contributed by atoms with Gasteiger partial charge in [-0.2, -0.15) is 0 Å². The Morgan fingerprint density at radius 1 is 0.931 bits per heavy atom. The summed E-state index contributed by atoms with van der Waals surface area (Å²) in [5.41, 5.74) is 1.36. The molecule has 1 fully saturated rings. The zero-order valence-corrected chi connectivity index (χ0v) is 16.9. The Morgan fingerprint density at radius 2 is 1.55 bits per heavy atom. The first-order valence-electron chi connectivity index (χ1n) is 10.2. The minimum absolute atomic E-state index is 0.0619. The fourth-order valence-electron chi connectivity index (χ4n) is 3.24. The maximum Gasteiger partial charge on any atom is 0.253 e. The number of ether oxygens (including phenoxy) is 2. The van der Waals surface area contributed by atoms with Gasteiger partial charge in [0, 0.05) is 30.8 Å². The number of nitrogens with one attached hydrogen (secondary N) is 1. The van der Waals surface area contributed by atoms with Crippen molar-refractivity contribution in [3.05, 3.63) is 54.1 Å². The average molecular weight is 396 g/mol. The molecule has 29 heavy (non-hydrogen) atoms. The van der Waals surface area contributed by atoms with Crippen molar-refractivity contribution in [2.45, 2.75) is 32.6 Å². The molecule has 6 heteroatoms. The zero-order chi connectivity index (χ0) is 20.5. The maximum atomic E-state index is 12.3. The van der Waals surface area contributed by atoms with Crippen molar-refractivity contribution in [1.82, 2.24) is 4.90 Å². The number of carbonyl (C=O) groups excluding carboxylic acids is 2. The second-order valence-corrected chi connectivity index (χ2v) is 6.98. The van der Waals surface area contributed by atoms with Gasteiger partial charge in [0.05, 0.1) is 13.2 Å². The monoisotopic (exact) mass is 396 g/mol. The summed E-state index contributed by atoms with van der Waals surface area (Å²) in [5.74, 6) is 1.56. The van der Waals surface area contributed by atoms with E-state index in [0.717, 1.165) is 37.4 Å². The normalized spacial score (nSPS) is 13.2. The molecule has 2 amide bonds. The molecule has 0 aromatic heterocycles. The molecule has 1 aliphatic heterocycles. The van der Waals surface area contributed by atoms with E-state index in [-0.39, 0.29) is 11.8 Å². The molecule has 154 valence electrons. The maximum absolute atomic E-state index is 12.3. The summed E-state index contributed by atoms with van der Waals surface area (Å²) >= 11 is 0. The molecule has 1 saturated heterocycles. The SMILES string of the molecule is CCOc1ccc(OCCCC(=O)Nc2ccc(C(=O)N3CCCC3)cc2)cc1. The Balaban J connectivity index is 1.37. The Hall–Kier alpha value is -3.02. The summed E-state index contributed by atoms with van der Waals surface area (Å²) in [4.78, 5) is 26.3. The predicted octanol–water partition coefficient (Wildman–Crippen LogP) is 4.12. The van der Waals surface area contributed by atoms with Gasteiger partial charge in [-0.3, -0.25) is 9.59 Å². The molecule has 1 N–H and O–H groups in total. The van der Waals surface area contributed by atoms with Crippen molar-refractivity contribution in [2.24, 2.45) is 0 Å². The lowest BCUT2D eigenvalue weighted by Gasteiger charge is -2.15. The Labute approximate surface area is 171 Å². The van der Waals surface area contributed by atoms with E-state index in [9.17, 15) is 9.59 Å². The second kappa shape index (κ2) is 10.5. The van der Waals surface area contributed by atoms with Gasteiger partial charge >= 0.3 is 0 Å². The first-order chi connectivity index (χ1) is 14.2. The molecule has 1 aliphatic rings. The molecular formula is C23H28N2O4. The largest absolute Gasteiger partial charge is 0.494 e. The van der Waals surface area contributed by atoms with Crippen LogP contribution in [0, 0.1) is 0 Å². The van der Waals surface area contributed by atoms with Crippen LogP contribution in [0.15, 0.2) is 48.5 Å². The Bertz CT molecular complexity index is 797. The quantitative estimate of drug-likeness (QED) is 0.648. The van der Waals surface area contributed by atoms with Crippen LogP contribution in [-0.2, 0) is 4.79 Å². The van der Waals surface area contributed by atoms with Crippen molar-refractivity contribution in [3.8, 4) is 11.5 Å². The Kier molecular flexibility index (Phi) is 7.50. The van der Waals surface area contributed by atoms with Crippen LogP contribution in [0.3, 0.4) is 0 Å². The van der Waals surface area contributed by atoms with Gasteiger partial charge in [0.2, 0.25) is 5.91 Å². The summed E-state index contributed by atoms with van der Waals surface area (Å²) in [6.07, 6.45) is 3.13. The summed E-state index contributed by atoms with van der Waals surface area (Å²) < 4.78 is 11.0. The highest BCUT2D eigenvalue weighted by atomic mass is 16.5. The number of nitrogens with zero attached hydrogens (tertiary/aromatic N) is 1. The molecule has 0 unspecified atom stereocenters. The van der Waals surface area contributed by atoms with Gasteiger partial charge in [-0.25, -0.2) is 0 Å². The lowest BCUT2D eigenvalue weighted by Crippen LogP contribution is -2.27. The predicted molar refractivity (Wildman–Crippen MR) is 113 cm³/mol. The van der Waals surface area contributed by atoms with E-state index in [0.29, 0.717) is 37.3 Å². The molecule has 0 atom stereocenters. The third kappa shape index (κ3) is 6.24. The van der Waals surface area contributed by atoms with Crippen molar-refractivity contribution in [2.75, 3.05) is 31.6 Å². The molecule has 2 aromatic rings. The average Bonchev–Trinajstić information content (AvgIpc) is 3.28. The fourth-order valence-corrected chi connectivity index (χ4v) is 3.24. The second-order valence-electron chi connectivity index (χ2n) is 6.98. The molecule has 0 saturated carbocycles. The number of carbonyl (C=O) groups is 2. The van der Waals surface area contributed by atoms with Crippen molar-refractivity contribution < 1.29 is 19.1 Å². The van der Waals surface area contributed by atoms with Gasteiger partial charge in [0.25, 0.3) is 5.91 Å². The van der Waals surface area contributed by atoms with E-state index >= 15 is 0 Å². The summed E-state index contributed by atoms with van der Waals surface area (Å²) in [5, 5.41) is 2.86. The smallest absolute Gasteiger partial charge is 0.253 e. The number of rotatable bonds is 9. The molecule has 3 rings (SSSR count). The van der Waals surface area contributed by atoms with E-state index in [1.54, 1.807) is 24.3 Å². The van der Waals surface area contributed by atoms with Gasteiger partial charge in [-0.15, -0.1) is 0 Å². The highest BCUT2D eigenvalue weighted by molar-refractivity contribution is 5.96. The number of amides is 2. The van der Waals surface area contributed by atoms with Gasteiger partial charge < -0.3 is 19.7 Å². The number of likely N-dealkylation sites (tertiary alicyclic amines) is 1. The standard InChI is InChI=1S/C23H28N2O4/c1-2-28-20-11-13-21(14-12-20)29-17-5-6-22(26)24-19-9-7-18(8-10-19)23(27)25-15-3-4-16-25/h7-14H,2-6,15-17H2,1H3,(H,24,26). The third-order valence-corrected chi connectivity index (χ3v) is 4.76. The zero-order valence-electron chi connectivity index (χ0n) is 16.9. The molecule has 0 aliphatic carbocycles. The van der Waals surface area contributed by atoms with Gasteiger partial charge in [0.15, 0.2) is 0 Å². The van der Waals surface area contributed by atoms with Crippen LogP contribution in [0.25, 0.3) is 0 Å². The number of benzene rings is 2. The number of anilines is 1. The molecule has 2 aromatic carbocycles. The van der Waals surface area contributed by atoms with Crippen LogP contribution in [0.4, 0.5) is 5.69 Å². The van der Waals surface area contributed by atoms with Crippen LogP contribution in [0.2, 0.25) is 0 Å². The van der Waals surface area contributed by atoms with Gasteiger partial charge in [-0.05, 0) is 74.7 Å². The van der Waals surface area contributed by atoms with E-state index in [4.69, 9.17) is 9.47 Å². The molecule has 0 radical (unpaired) electrons. The van der Waals surface area contributed by atoms with Crippen LogP contribution in [-0.4, -0.2) is 43.0 Å².